The molecule has 0 aliphatic rings. The fourth-order valence-electron chi connectivity index (χ4n) is 1.15. The number of halogens is 3. The Kier molecular flexibility index (Phi) is 3.97. The van der Waals surface area contributed by atoms with Gasteiger partial charge in [0.15, 0.2) is 0 Å². The molecule has 0 aromatic carbocycles. The van der Waals surface area contributed by atoms with Crippen LogP contribution >= 0.6 is 15.9 Å². The van der Waals surface area contributed by atoms with Crippen molar-refractivity contribution in [2.24, 2.45) is 0 Å². The minimum Gasteiger partial charge on any atom is -0.495 e. The number of nitrogens with zero attached hydrogens (tertiary/aromatic N) is 2. The predicted molar refractivity (Wildman–Crippen MR) is 53.1 cm³/mol. The van der Waals surface area contributed by atoms with Crippen LogP contribution in [0.3, 0.4) is 0 Å². The molecule has 0 bridgehead atoms. The van der Waals surface area contributed by atoms with Crippen molar-refractivity contribution in [3.8, 4) is 11.8 Å². The van der Waals surface area contributed by atoms with Crippen LogP contribution in [0.4, 0.5) is 8.78 Å². The third kappa shape index (κ3) is 2.23. The quantitative estimate of drug-likeness (QED) is 0.798. The van der Waals surface area contributed by atoms with Gasteiger partial charge in [-0.25, -0.2) is 8.78 Å². The summed E-state index contributed by atoms with van der Waals surface area (Å²) in [6.07, 6.45) is -1.51. The molecule has 1 aromatic heterocycles. The zero-order valence-electron chi connectivity index (χ0n) is 7.80. The average molecular weight is 277 g/mol. The number of hydrogen-bond acceptors (Lipinski definition) is 3. The number of ether oxygens (including phenoxy) is 1. The van der Waals surface area contributed by atoms with Gasteiger partial charge in [-0.1, -0.05) is 15.9 Å². The normalized spacial score (nSPS) is 10.1. The minimum atomic E-state index is -2.78. The zero-order valence-corrected chi connectivity index (χ0v) is 9.38. The lowest BCUT2D eigenvalue weighted by Gasteiger charge is -2.10. The fraction of sp³-hybridized carbons (Fsp3) is 0.333. The standard InChI is InChI=1S/C9H7BrF2N2O/c1-15-8-5(2-10)4-14-7(9(11)12)6(8)3-13/h4,9H,2H2,1H3. The van der Waals surface area contributed by atoms with E-state index in [1.54, 1.807) is 6.07 Å². The Morgan fingerprint density at radius 3 is 2.73 bits per heavy atom. The van der Waals surface area contributed by atoms with Crippen LogP contribution in [0, 0.1) is 11.3 Å². The van der Waals surface area contributed by atoms with Crippen LogP contribution in [0.15, 0.2) is 6.20 Å². The van der Waals surface area contributed by atoms with Crippen molar-refractivity contribution in [3.05, 3.63) is 23.0 Å². The van der Waals surface area contributed by atoms with Crippen LogP contribution in [0.25, 0.3) is 0 Å². The first kappa shape index (κ1) is 11.9. The summed E-state index contributed by atoms with van der Waals surface area (Å²) in [6, 6.07) is 1.68. The van der Waals surface area contributed by atoms with E-state index in [0.29, 0.717) is 10.9 Å². The molecule has 6 heteroatoms. The highest BCUT2D eigenvalue weighted by atomic mass is 79.9. The Hall–Kier alpha value is -1.22. The number of nitriles is 1. The molecular weight excluding hydrogens is 270 g/mol. The monoisotopic (exact) mass is 276 g/mol. The van der Waals surface area contributed by atoms with Gasteiger partial charge in [0.2, 0.25) is 0 Å². The largest absolute Gasteiger partial charge is 0.495 e. The number of aromatic nitrogens is 1. The molecule has 0 aliphatic carbocycles. The number of pyridine rings is 1. The average Bonchev–Trinajstić information content (AvgIpc) is 2.26. The molecular formula is C9H7BrF2N2O. The van der Waals surface area contributed by atoms with Gasteiger partial charge in [0, 0.05) is 17.1 Å². The third-order valence-corrected chi connectivity index (χ3v) is 2.41. The predicted octanol–water partition coefficient (Wildman–Crippen LogP) is 2.79. The van der Waals surface area contributed by atoms with Crippen molar-refractivity contribution < 1.29 is 13.5 Å². The lowest BCUT2D eigenvalue weighted by molar-refractivity contribution is 0.145. The van der Waals surface area contributed by atoms with E-state index < -0.39 is 12.1 Å². The first-order valence-electron chi connectivity index (χ1n) is 3.95. The highest BCUT2D eigenvalue weighted by molar-refractivity contribution is 9.08. The number of hydrogen-bond donors (Lipinski definition) is 0. The Balaban J connectivity index is 3.43. The van der Waals surface area contributed by atoms with Gasteiger partial charge in [-0.2, -0.15) is 5.26 Å². The zero-order chi connectivity index (χ0) is 11.4. The molecule has 1 aromatic rings. The summed E-state index contributed by atoms with van der Waals surface area (Å²) in [7, 11) is 1.33. The Labute approximate surface area is 93.8 Å². The summed E-state index contributed by atoms with van der Waals surface area (Å²) in [5, 5.41) is 9.17. The summed E-state index contributed by atoms with van der Waals surface area (Å²) in [4.78, 5) is 3.55. The van der Waals surface area contributed by atoms with Gasteiger partial charge in [0.1, 0.15) is 23.1 Å². The van der Waals surface area contributed by atoms with E-state index in [4.69, 9.17) is 10.00 Å². The molecule has 0 saturated heterocycles. The van der Waals surface area contributed by atoms with Gasteiger partial charge in [0.25, 0.3) is 6.43 Å². The molecule has 0 unspecified atom stereocenters. The van der Waals surface area contributed by atoms with Crippen LogP contribution in [-0.2, 0) is 5.33 Å². The maximum Gasteiger partial charge on any atom is 0.281 e. The van der Waals surface area contributed by atoms with E-state index in [0.717, 1.165) is 0 Å². The molecule has 0 fully saturated rings. The van der Waals surface area contributed by atoms with E-state index >= 15 is 0 Å². The number of methoxy groups -OCH3 is 1. The lowest BCUT2D eigenvalue weighted by Crippen LogP contribution is -2.02. The first-order chi connectivity index (χ1) is 7.15. The molecule has 1 rings (SSSR count). The van der Waals surface area contributed by atoms with E-state index in [1.807, 2.05) is 0 Å². The van der Waals surface area contributed by atoms with Gasteiger partial charge >= 0.3 is 0 Å². The molecule has 80 valence electrons. The molecule has 0 spiro atoms. The summed E-state index contributed by atoms with van der Waals surface area (Å²) in [5.41, 5.74) is -0.179. The van der Waals surface area contributed by atoms with Crippen molar-refractivity contribution in [2.45, 2.75) is 11.8 Å². The second kappa shape index (κ2) is 5.03. The van der Waals surface area contributed by atoms with Gasteiger partial charge in [-0.05, 0) is 0 Å². The van der Waals surface area contributed by atoms with E-state index in [-0.39, 0.29) is 11.3 Å². The van der Waals surface area contributed by atoms with E-state index in [2.05, 4.69) is 20.9 Å². The van der Waals surface area contributed by atoms with E-state index in [1.165, 1.54) is 13.3 Å². The van der Waals surface area contributed by atoms with Crippen LogP contribution < -0.4 is 4.74 Å². The highest BCUT2D eigenvalue weighted by Gasteiger charge is 2.21. The fourth-order valence-corrected chi connectivity index (χ4v) is 1.55. The Morgan fingerprint density at radius 1 is 1.67 bits per heavy atom. The van der Waals surface area contributed by atoms with Gasteiger partial charge in [0.05, 0.1) is 7.11 Å². The summed E-state index contributed by atoms with van der Waals surface area (Å²) >= 11 is 3.16. The minimum absolute atomic E-state index is 0.152. The number of rotatable bonds is 3. The van der Waals surface area contributed by atoms with Gasteiger partial charge < -0.3 is 4.74 Å². The molecule has 0 radical (unpaired) electrons. The second-order valence-electron chi connectivity index (χ2n) is 2.62. The van der Waals surface area contributed by atoms with Gasteiger partial charge in [-0.15, -0.1) is 0 Å². The Bertz CT molecular complexity index is 404. The SMILES string of the molecule is COc1c(CBr)cnc(C(F)F)c1C#N. The molecule has 1 heterocycles. The number of alkyl halides is 3. The van der Waals surface area contributed by atoms with Crippen molar-refractivity contribution in [3.63, 3.8) is 0 Å². The maximum atomic E-state index is 12.5. The van der Waals surface area contributed by atoms with Crippen LogP contribution in [0.2, 0.25) is 0 Å². The summed E-state index contributed by atoms with van der Waals surface area (Å²) in [5.74, 6) is 0.152. The van der Waals surface area contributed by atoms with Crippen LogP contribution in [0.5, 0.6) is 5.75 Å². The summed E-state index contributed by atoms with van der Waals surface area (Å²) in [6.45, 7) is 0. The smallest absolute Gasteiger partial charge is 0.281 e. The highest BCUT2D eigenvalue weighted by Crippen LogP contribution is 2.31. The Morgan fingerprint density at radius 2 is 2.33 bits per heavy atom. The molecule has 3 nitrogen and oxygen atoms in total. The van der Waals surface area contributed by atoms with E-state index in [9.17, 15) is 8.78 Å². The topological polar surface area (TPSA) is 45.9 Å². The molecule has 0 saturated carbocycles. The van der Waals surface area contributed by atoms with Crippen molar-refractivity contribution >= 4 is 15.9 Å². The molecule has 15 heavy (non-hydrogen) atoms. The maximum absolute atomic E-state index is 12.5. The van der Waals surface area contributed by atoms with Crippen LogP contribution in [-0.4, -0.2) is 12.1 Å². The van der Waals surface area contributed by atoms with Crippen molar-refractivity contribution in [2.75, 3.05) is 7.11 Å². The summed E-state index contributed by atoms with van der Waals surface area (Å²) < 4.78 is 29.9. The van der Waals surface area contributed by atoms with Crippen LogP contribution in [0.1, 0.15) is 23.2 Å². The molecule has 0 aliphatic heterocycles. The first-order valence-corrected chi connectivity index (χ1v) is 5.07. The van der Waals surface area contributed by atoms with Gasteiger partial charge in [-0.3, -0.25) is 4.98 Å². The van der Waals surface area contributed by atoms with Crippen molar-refractivity contribution in [1.82, 2.24) is 4.98 Å². The molecule has 0 N–H and O–H groups in total. The molecule has 0 amide bonds. The molecule has 0 atom stereocenters. The lowest BCUT2D eigenvalue weighted by atomic mass is 10.1. The second-order valence-corrected chi connectivity index (χ2v) is 3.18. The third-order valence-electron chi connectivity index (χ3n) is 1.80. The van der Waals surface area contributed by atoms with Crippen molar-refractivity contribution in [1.29, 1.82) is 5.26 Å².